The summed E-state index contributed by atoms with van der Waals surface area (Å²) in [4.78, 5) is 20.3. The molecular weight excluding hydrogens is 276 g/mol. The molecule has 0 aliphatic carbocycles. The molecule has 0 saturated carbocycles. The largest absolute Gasteiger partial charge is 0.379 e. The van der Waals surface area contributed by atoms with Gasteiger partial charge in [0.15, 0.2) is 5.82 Å². The van der Waals surface area contributed by atoms with Crippen molar-refractivity contribution in [2.45, 2.75) is 20.1 Å². The molecule has 1 aromatic rings. The van der Waals surface area contributed by atoms with Crippen LogP contribution in [0.25, 0.3) is 0 Å². The second kappa shape index (κ2) is 8.06. The molecule has 2 heterocycles. The van der Waals surface area contributed by atoms with Gasteiger partial charge in [-0.1, -0.05) is 5.16 Å². The van der Waals surface area contributed by atoms with Crippen LogP contribution in [0.2, 0.25) is 0 Å². The van der Waals surface area contributed by atoms with Gasteiger partial charge in [0.1, 0.15) is 13.2 Å². The van der Waals surface area contributed by atoms with Gasteiger partial charge >= 0.3 is 0 Å². The van der Waals surface area contributed by atoms with Crippen molar-refractivity contribution in [3.63, 3.8) is 0 Å². The van der Waals surface area contributed by atoms with Crippen LogP contribution in [0.4, 0.5) is 0 Å². The summed E-state index contributed by atoms with van der Waals surface area (Å²) >= 11 is 0. The molecule has 1 amide bonds. The van der Waals surface area contributed by atoms with Crippen LogP contribution in [-0.2, 0) is 27.4 Å². The first kappa shape index (κ1) is 15.9. The molecular formula is C13H22N4O4. The Bertz CT molecular complexity index is 445. The maximum atomic E-state index is 12.3. The Morgan fingerprint density at radius 1 is 1.43 bits per heavy atom. The van der Waals surface area contributed by atoms with E-state index in [0.717, 1.165) is 13.1 Å². The molecule has 0 bridgehead atoms. The van der Waals surface area contributed by atoms with Crippen LogP contribution in [-0.4, -0.2) is 72.4 Å². The maximum Gasteiger partial charge on any atom is 0.246 e. The van der Waals surface area contributed by atoms with E-state index in [2.05, 4.69) is 15.0 Å². The lowest BCUT2D eigenvalue weighted by molar-refractivity contribution is -0.134. The number of nitrogens with zero attached hydrogens (tertiary/aromatic N) is 4. The number of morpholine rings is 1. The Balaban J connectivity index is 1.86. The molecule has 21 heavy (non-hydrogen) atoms. The molecule has 2 rings (SSSR count). The van der Waals surface area contributed by atoms with E-state index in [1.54, 1.807) is 12.0 Å². The summed E-state index contributed by atoms with van der Waals surface area (Å²) in [5, 5.41) is 3.79. The fraction of sp³-hybridized carbons (Fsp3) is 0.769. The molecule has 0 radical (unpaired) electrons. The normalized spacial score (nSPS) is 16.1. The molecule has 0 N–H and O–H groups in total. The molecule has 1 fully saturated rings. The van der Waals surface area contributed by atoms with Gasteiger partial charge in [-0.15, -0.1) is 0 Å². The second-order valence-corrected chi connectivity index (χ2v) is 4.83. The van der Waals surface area contributed by atoms with Gasteiger partial charge in [0, 0.05) is 26.7 Å². The molecule has 0 atom stereocenters. The highest BCUT2D eigenvalue weighted by Crippen LogP contribution is 2.05. The number of ether oxygens (including phenoxy) is 2. The average molecular weight is 298 g/mol. The van der Waals surface area contributed by atoms with Gasteiger partial charge in [0.25, 0.3) is 0 Å². The third-order valence-electron chi connectivity index (χ3n) is 3.31. The zero-order chi connectivity index (χ0) is 15.1. The highest BCUT2D eigenvalue weighted by Gasteiger charge is 2.20. The van der Waals surface area contributed by atoms with E-state index in [-0.39, 0.29) is 5.91 Å². The summed E-state index contributed by atoms with van der Waals surface area (Å²) in [6, 6.07) is 0. The third kappa shape index (κ3) is 4.76. The van der Waals surface area contributed by atoms with Crippen LogP contribution in [0, 0.1) is 0 Å². The monoisotopic (exact) mass is 298 g/mol. The Morgan fingerprint density at radius 2 is 2.19 bits per heavy atom. The minimum atomic E-state index is 0.0610. The number of hydrogen-bond donors (Lipinski definition) is 0. The lowest BCUT2D eigenvalue weighted by Crippen LogP contribution is -2.44. The fourth-order valence-electron chi connectivity index (χ4n) is 2.13. The van der Waals surface area contributed by atoms with E-state index < -0.39 is 0 Å². The van der Waals surface area contributed by atoms with Crippen LogP contribution in [0.5, 0.6) is 0 Å². The molecule has 0 spiro atoms. The van der Waals surface area contributed by atoms with E-state index in [0.29, 0.717) is 51.2 Å². The van der Waals surface area contributed by atoms with Crippen LogP contribution < -0.4 is 0 Å². The summed E-state index contributed by atoms with van der Waals surface area (Å²) < 4.78 is 15.3. The quantitative estimate of drug-likeness (QED) is 0.695. The number of methoxy groups -OCH3 is 1. The first-order valence-electron chi connectivity index (χ1n) is 7.11. The minimum Gasteiger partial charge on any atom is -0.379 e. The molecule has 0 unspecified atom stereocenters. The van der Waals surface area contributed by atoms with Crippen LogP contribution in [0.1, 0.15) is 18.6 Å². The zero-order valence-electron chi connectivity index (χ0n) is 12.6. The van der Waals surface area contributed by atoms with Crippen LogP contribution >= 0.6 is 0 Å². The van der Waals surface area contributed by atoms with Gasteiger partial charge in [0.2, 0.25) is 11.8 Å². The molecule has 1 saturated heterocycles. The number of carbonyl (C=O) groups excluding carboxylic acids is 1. The predicted octanol–water partition coefficient (Wildman–Crippen LogP) is -0.103. The van der Waals surface area contributed by atoms with Gasteiger partial charge in [0.05, 0.1) is 19.8 Å². The summed E-state index contributed by atoms with van der Waals surface area (Å²) in [5.41, 5.74) is 0. The fourth-order valence-corrected chi connectivity index (χ4v) is 2.13. The number of aromatic nitrogens is 2. The predicted molar refractivity (Wildman–Crippen MR) is 73.4 cm³/mol. The summed E-state index contributed by atoms with van der Waals surface area (Å²) in [7, 11) is 1.57. The number of amides is 1. The topological polar surface area (TPSA) is 80.9 Å². The van der Waals surface area contributed by atoms with Crippen molar-refractivity contribution in [3.8, 4) is 0 Å². The Morgan fingerprint density at radius 3 is 2.86 bits per heavy atom. The number of carbonyl (C=O) groups is 1. The minimum absolute atomic E-state index is 0.0610. The van der Waals surface area contributed by atoms with Gasteiger partial charge < -0.3 is 18.9 Å². The first-order chi connectivity index (χ1) is 10.2. The number of rotatable bonds is 7. The van der Waals surface area contributed by atoms with Crippen molar-refractivity contribution in [3.05, 3.63) is 11.7 Å². The Kier molecular flexibility index (Phi) is 6.09. The maximum absolute atomic E-state index is 12.3. The van der Waals surface area contributed by atoms with E-state index in [9.17, 15) is 4.79 Å². The molecule has 8 heteroatoms. The highest BCUT2D eigenvalue weighted by molar-refractivity contribution is 5.78. The van der Waals surface area contributed by atoms with Crippen molar-refractivity contribution in [1.82, 2.24) is 19.9 Å². The number of hydrogen-bond acceptors (Lipinski definition) is 7. The first-order valence-corrected chi connectivity index (χ1v) is 7.11. The highest BCUT2D eigenvalue weighted by atomic mass is 16.5. The van der Waals surface area contributed by atoms with Crippen molar-refractivity contribution in [1.29, 1.82) is 0 Å². The van der Waals surface area contributed by atoms with Crippen molar-refractivity contribution in [2.75, 3.05) is 46.5 Å². The van der Waals surface area contributed by atoms with Crippen molar-refractivity contribution in [2.24, 2.45) is 0 Å². The van der Waals surface area contributed by atoms with Gasteiger partial charge in [-0.05, 0) is 6.92 Å². The van der Waals surface area contributed by atoms with E-state index in [1.807, 2.05) is 6.92 Å². The van der Waals surface area contributed by atoms with E-state index in [1.165, 1.54) is 0 Å². The smallest absolute Gasteiger partial charge is 0.246 e. The van der Waals surface area contributed by atoms with Crippen molar-refractivity contribution < 1.29 is 18.8 Å². The molecule has 1 aliphatic rings. The van der Waals surface area contributed by atoms with Crippen molar-refractivity contribution >= 4 is 5.91 Å². The number of likely N-dealkylation sites (N-methyl/N-ethyl adjacent to an activating group) is 1. The van der Waals surface area contributed by atoms with E-state index >= 15 is 0 Å². The van der Waals surface area contributed by atoms with Crippen LogP contribution in [0.3, 0.4) is 0 Å². The summed E-state index contributed by atoms with van der Waals surface area (Å²) in [6.45, 7) is 6.52. The molecule has 1 aromatic heterocycles. The lowest BCUT2D eigenvalue weighted by atomic mass is 10.3. The molecule has 118 valence electrons. The van der Waals surface area contributed by atoms with Gasteiger partial charge in [-0.3, -0.25) is 9.69 Å². The zero-order valence-corrected chi connectivity index (χ0v) is 12.6. The van der Waals surface area contributed by atoms with Crippen LogP contribution in [0.15, 0.2) is 4.52 Å². The Labute approximate surface area is 124 Å². The Hall–Kier alpha value is -1.51. The summed E-state index contributed by atoms with van der Waals surface area (Å²) in [6.07, 6.45) is 0. The third-order valence-corrected chi connectivity index (χ3v) is 3.31. The summed E-state index contributed by atoms with van der Waals surface area (Å²) in [5.74, 6) is 0.981. The molecule has 1 aliphatic heterocycles. The lowest BCUT2D eigenvalue weighted by Gasteiger charge is -2.28. The molecule has 0 aromatic carbocycles. The van der Waals surface area contributed by atoms with Gasteiger partial charge in [-0.25, -0.2) is 0 Å². The SMILES string of the molecule is CCN(Cc1nc(COC)no1)C(=O)CN1CCOCC1. The molecule has 8 nitrogen and oxygen atoms in total. The van der Waals surface area contributed by atoms with Gasteiger partial charge in [-0.2, -0.15) is 4.98 Å². The average Bonchev–Trinajstić information content (AvgIpc) is 2.93. The van der Waals surface area contributed by atoms with E-state index in [4.69, 9.17) is 14.0 Å². The standard InChI is InChI=1S/C13H22N4O4/c1-3-17(8-12-14-11(10-19-2)15-21-12)13(18)9-16-4-6-20-7-5-16/h3-10H2,1-2H3. The second-order valence-electron chi connectivity index (χ2n) is 4.83.